The van der Waals surface area contributed by atoms with Crippen molar-refractivity contribution in [2.24, 2.45) is 4.99 Å². The summed E-state index contributed by atoms with van der Waals surface area (Å²) in [6.07, 6.45) is 0. The van der Waals surface area contributed by atoms with Gasteiger partial charge in [0.1, 0.15) is 6.61 Å². The maximum atomic E-state index is 8.90. The molecule has 1 aromatic carbocycles. The SMILES string of the molecule is CCNC(=NCc1ccc(OCCO)c(OC)c1)N(C)Cc1csc(C)n1. The number of guanidine groups is 1. The van der Waals surface area contributed by atoms with Crippen LogP contribution in [0.3, 0.4) is 0 Å². The second-order valence-corrected chi connectivity index (χ2v) is 7.00. The van der Waals surface area contributed by atoms with Gasteiger partial charge in [0.15, 0.2) is 17.5 Å². The van der Waals surface area contributed by atoms with Gasteiger partial charge in [-0.2, -0.15) is 0 Å². The van der Waals surface area contributed by atoms with E-state index in [0.29, 0.717) is 24.6 Å². The molecule has 1 heterocycles. The van der Waals surface area contributed by atoms with Gasteiger partial charge in [-0.25, -0.2) is 9.98 Å². The van der Waals surface area contributed by atoms with E-state index in [-0.39, 0.29) is 13.2 Å². The predicted molar refractivity (Wildman–Crippen MR) is 109 cm³/mol. The van der Waals surface area contributed by atoms with E-state index in [4.69, 9.17) is 19.6 Å². The number of ether oxygens (including phenoxy) is 2. The summed E-state index contributed by atoms with van der Waals surface area (Å²) in [5.41, 5.74) is 2.05. The summed E-state index contributed by atoms with van der Waals surface area (Å²) in [7, 11) is 3.60. The summed E-state index contributed by atoms with van der Waals surface area (Å²) in [4.78, 5) is 11.3. The predicted octanol–water partition coefficient (Wildman–Crippen LogP) is 2.43. The number of aliphatic hydroxyl groups excluding tert-OH is 1. The van der Waals surface area contributed by atoms with Crippen molar-refractivity contribution >= 4 is 17.3 Å². The number of hydrogen-bond donors (Lipinski definition) is 2. The zero-order valence-electron chi connectivity index (χ0n) is 16.4. The fourth-order valence-electron chi connectivity index (χ4n) is 2.52. The first-order chi connectivity index (χ1) is 13.1. The average Bonchev–Trinajstić information content (AvgIpc) is 3.08. The Labute approximate surface area is 164 Å². The molecule has 27 heavy (non-hydrogen) atoms. The zero-order valence-corrected chi connectivity index (χ0v) is 17.2. The van der Waals surface area contributed by atoms with Crippen molar-refractivity contribution in [3.05, 3.63) is 39.8 Å². The lowest BCUT2D eigenvalue weighted by atomic mass is 10.2. The minimum atomic E-state index is -0.0356. The Morgan fingerprint density at radius 2 is 2.19 bits per heavy atom. The van der Waals surface area contributed by atoms with Crippen molar-refractivity contribution in [3.8, 4) is 11.5 Å². The normalized spacial score (nSPS) is 11.4. The quantitative estimate of drug-likeness (QED) is 0.504. The van der Waals surface area contributed by atoms with Gasteiger partial charge in [0, 0.05) is 19.0 Å². The molecule has 0 radical (unpaired) electrons. The van der Waals surface area contributed by atoms with E-state index in [2.05, 4.69) is 20.6 Å². The Morgan fingerprint density at radius 3 is 2.81 bits per heavy atom. The third-order valence-electron chi connectivity index (χ3n) is 3.75. The Morgan fingerprint density at radius 1 is 1.37 bits per heavy atom. The molecule has 0 aliphatic rings. The molecule has 0 spiro atoms. The van der Waals surface area contributed by atoms with Crippen molar-refractivity contribution in [1.82, 2.24) is 15.2 Å². The van der Waals surface area contributed by atoms with Gasteiger partial charge in [-0.15, -0.1) is 11.3 Å². The standard InChI is InChI=1S/C19H28N4O3S/c1-5-20-19(23(3)12-16-13-27-14(2)22-16)21-11-15-6-7-17(26-9-8-24)18(10-15)25-4/h6-7,10,13,24H,5,8-9,11-12H2,1-4H3,(H,20,21). The number of methoxy groups -OCH3 is 1. The molecule has 8 heteroatoms. The molecule has 0 aliphatic carbocycles. The smallest absolute Gasteiger partial charge is 0.194 e. The van der Waals surface area contributed by atoms with E-state index < -0.39 is 0 Å². The van der Waals surface area contributed by atoms with Crippen molar-refractivity contribution in [2.75, 3.05) is 33.9 Å². The minimum absolute atomic E-state index is 0.0356. The molecule has 2 aromatic rings. The first kappa shape index (κ1) is 21.0. The molecule has 0 unspecified atom stereocenters. The van der Waals surface area contributed by atoms with Crippen molar-refractivity contribution in [2.45, 2.75) is 26.9 Å². The molecule has 148 valence electrons. The summed E-state index contributed by atoms with van der Waals surface area (Å²) in [5, 5.41) is 15.4. The van der Waals surface area contributed by atoms with E-state index in [1.54, 1.807) is 18.4 Å². The highest BCUT2D eigenvalue weighted by Gasteiger charge is 2.10. The molecule has 2 rings (SSSR count). The van der Waals surface area contributed by atoms with Gasteiger partial charge in [-0.1, -0.05) is 6.07 Å². The van der Waals surface area contributed by atoms with Crippen LogP contribution < -0.4 is 14.8 Å². The first-order valence-electron chi connectivity index (χ1n) is 8.88. The lowest BCUT2D eigenvalue weighted by Crippen LogP contribution is -2.38. The maximum Gasteiger partial charge on any atom is 0.194 e. The Bertz CT molecular complexity index is 748. The largest absolute Gasteiger partial charge is 0.493 e. The van der Waals surface area contributed by atoms with Gasteiger partial charge in [0.05, 0.1) is 37.5 Å². The molecule has 2 N–H and O–H groups in total. The maximum absolute atomic E-state index is 8.90. The van der Waals surface area contributed by atoms with Gasteiger partial charge in [0.25, 0.3) is 0 Å². The molecule has 0 saturated carbocycles. The summed E-state index contributed by atoms with van der Waals surface area (Å²) < 4.78 is 10.8. The van der Waals surface area contributed by atoms with Gasteiger partial charge in [0.2, 0.25) is 0 Å². The first-order valence-corrected chi connectivity index (χ1v) is 9.76. The second-order valence-electron chi connectivity index (χ2n) is 5.94. The molecule has 7 nitrogen and oxygen atoms in total. The highest BCUT2D eigenvalue weighted by atomic mass is 32.1. The molecular formula is C19H28N4O3S. The van der Waals surface area contributed by atoms with Crippen LogP contribution in [0.25, 0.3) is 0 Å². The summed E-state index contributed by atoms with van der Waals surface area (Å²) in [6, 6.07) is 5.70. The van der Waals surface area contributed by atoms with Crippen molar-refractivity contribution < 1.29 is 14.6 Å². The van der Waals surface area contributed by atoms with Crippen molar-refractivity contribution in [1.29, 1.82) is 0 Å². The number of thiazole rings is 1. The van der Waals surface area contributed by atoms with Crippen LogP contribution in [-0.4, -0.2) is 54.9 Å². The highest BCUT2D eigenvalue weighted by molar-refractivity contribution is 7.09. The van der Waals surface area contributed by atoms with E-state index in [9.17, 15) is 0 Å². The van der Waals surface area contributed by atoms with Gasteiger partial charge in [-0.05, 0) is 31.5 Å². The summed E-state index contributed by atoms with van der Waals surface area (Å²) in [5.74, 6) is 2.07. The number of aryl methyl sites for hydroxylation is 1. The fraction of sp³-hybridized carbons (Fsp3) is 0.474. The van der Waals surface area contributed by atoms with Crippen LogP contribution in [0.2, 0.25) is 0 Å². The zero-order chi connectivity index (χ0) is 19.6. The van der Waals surface area contributed by atoms with Crippen molar-refractivity contribution in [3.63, 3.8) is 0 Å². The number of benzene rings is 1. The Hall–Kier alpha value is -2.32. The Kier molecular flexibility index (Phi) is 8.35. The molecule has 0 saturated heterocycles. The Balaban J connectivity index is 2.08. The second kappa shape index (κ2) is 10.7. The van der Waals surface area contributed by atoms with Crippen LogP contribution in [0.15, 0.2) is 28.6 Å². The van der Waals surface area contributed by atoms with Crippen LogP contribution in [-0.2, 0) is 13.1 Å². The molecule has 0 atom stereocenters. The molecule has 0 amide bonds. The molecular weight excluding hydrogens is 364 g/mol. The molecule has 1 aromatic heterocycles. The van der Waals surface area contributed by atoms with E-state index in [1.165, 1.54) is 0 Å². The molecule has 0 bridgehead atoms. The minimum Gasteiger partial charge on any atom is -0.493 e. The van der Waals surface area contributed by atoms with Gasteiger partial charge in [-0.3, -0.25) is 0 Å². The van der Waals surface area contributed by atoms with Gasteiger partial charge >= 0.3 is 0 Å². The number of aromatic nitrogens is 1. The van der Waals surface area contributed by atoms with E-state index in [1.807, 2.05) is 39.1 Å². The average molecular weight is 393 g/mol. The number of nitrogens with zero attached hydrogens (tertiary/aromatic N) is 3. The van der Waals surface area contributed by atoms with Crippen LogP contribution in [0.5, 0.6) is 11.5 Å². The topological polar surface area (TPSA) is 79.2 Å². The van der Waals surface area contributed by atoms with Crippen LogP contribution in [0.4, 0.5) is 0 Å². The molecule has 0 fully saturated rings. The van der Waals surface area contributed by atoms with E-state index in [0.717, 1.165) is 28.8 Å². The third kappa shape index (κ3) is 6.41. The van der Waals surface area contributed by atoms with E-state index >= 15 is 0 Å². The number of hydrogen-bond acceptors (Lipinski definition) is 6. The number of aliphatic imine (C=N–C) groups is 1. The van der Waals surface area contributed by atoms with Gasteiger partial charge < -0.3 is 24.8 Å². The van der Waals surface area contributed by atoms with Crippen LogP contribution >= 0.6 is 11.3 Å². The lowest BCUT2D eigenvalue weighted by Gasteiger charge is -2.21. The van der Waals surface area contributed by atoms with Crippen LogP contribution in [0.1, 0.15) is 23.2 Å². The summed E-state index contributed by atoms with van der Waals surface area (Å²) in [6.45, 7) is 6.26. The fourth-order valence-corrected chi connectivity index (χ4v) is 3.12. The number of aliphatic hydroxyl groups is 1. The highest BCUT2D eigenvalue weighted by Crippen LogP contribution is 2.28. The monoisotopic (exact) mass is 392 g/mol. The number of nitrogens with one attached hydrogen (secondary N) is 1. The number of rotatable bonds is 9. The summed E-state index contributed by atoms with van der Waals surface area (Å²) >= 11 is 1.65. The lowest BCUT2D eigenvalue weighted by molar-refractivity contribution is 0.196. The van der Waals surface area contributed by atoms with Crippen LogP contribution in [0, 0.1) is 6.92 Å². The third-order valence-corrected chi connectivity index (χ3v) is 4.57. The molecule has 0 aliphatic heterocycles.